The maximum atomic E-state index is 11.7. The maximum absolute atomic E-state index is 11.7. The van der Waals surface area contributed by atoms with Crippen molar-refractivity contribution in [3.63, 3.8) is 0 Å². The lowest BCUT2D eigenvalue weighted by Gasteiger charge is -2.35. The summed E-state index contributed by atoms with van der Waals surface area (Å²) in [4.78, 5) is 13.9. The molecule has 0 amide bonds. The van der Waals surface area contributed by atoms with Gasteiger partial charge < -0.3 is 14.8 Å². The maximum Gasteiger partial charge on any atom is 0.324 e. The molecule has 1 fully saturated rings. The molecule has 1 N–H and O–H groups in total. The van der Waals surface area contributed by atoms with E-state index in [1.54, 1.807) is 0 Å². The van der Waals surface area contributed by atoms with Crippen LogP contribution in [0, 0.1) is 0 Å². The van der Waals surface area contributed by atoms with Crippen LogP contribution in [0.3, 0.4) is 0 Å². The Bertz CT molecular complexity index is 246. The summed E-state index contributed by atoms with van der Waals surface area (Å²) in [7, 11) is 1.43. The molecule has 1 aliphatic heterocycles. The number of morpholine rings is 1. The highest BCUT2D eigenvalue weighted by Crippen LogP contribution is 2.07. The van der Waals surface area contributed by atoms with Crippen LogP contribution in [0.1, 0.15) is 20.8 Å². The normalized spacial score (nSPS) is 23.7. The number of hydrogen-bond donors (Lipinski definition) is 1. The van der Waals surface area contributed by atoms with E-state index in [0.29, 0.717) is 12.6 Å². The molecule has 5 heteroatoms. The highest BCUT2D eigenvalue weighted by atomic mass is 16.5. The monoisotopic (exact) mass is 244 g/mol. The zero-order chi connectivity index (χ0) is 12.8. The summed E-state index contributed by atoms with van der Waals surface area (Å²) >= 11 is 0. The van der Waals surface area contributed by atoms with Crippen molar-refractivity contribution in [3.8, 4) is 0 Å². The second-order valence-corrected chi connectivity index (χ2v) is 4.82. The average molecular weight is 244 g/mol. The van der Waals surface area contributed by atoms with Crippen LogP contribution < -0.4 is 5.32 Å². The predicted molar refractivity (Wildman–Crippen MR) is 65.9 cm³/mol. The zero-order valence-electron chi connectivity index (χ0n) is 11.2. The van der Waals surface area contributed by atoms with Crippen molar-refractivity contribution in [1.29, 1.82) is 0 Å². The number of methoxy groups -OCH3 is 1. The first-order valence-electron chi connectivity index (χ1n) is 6.20. The van der Waals surface area contributed by atoms with E-state index in [0.717, 1.165) is 19.8 Å². The molecule has 0 aromatic heterocycles. The number of nitrogens with one attached hydrogen (secondary N) is 1. The molecule has 0 radical (unpaired) electrons. The fourth-order valence-electron chi connectivity index (χ4n) is 2.01. The van der Waals surface area contributed by atoms with Crippen molar-refractivity contribution in [1.82, 2.24) is 10.2 Å². The van der Waals surface area contributed by atoms with Crippen LogP contribution >= 0.6 is 0 Å². The van der Waals surface area contributed by atoms with Gasteiger partial charge in [-0.1, -0.05) is 13.8 Å². The van der Waals surface area contributed by atoms with Crippen LogP contribution in [0.25, 0.3) is 0 Å². The van der Waals surface area contributed by atoms with E-state index in [1.807, 2.05) is 13.8 Å². The molecule has 0 saturated carbocycles. The van der Waals surface area contributed by atoms with Gasteiger partial charge in [-0.3, -0.25) is 9.69 Å². The lowest BCUT2D eigenvalue weighted by Crippen LogP contribution is -2.54. The standard InChI is InChI=1S/C12H24N2O3/c1-9(2)13-11(12(15)16-4)7-14-5-6-17-8-10(14)3/h9-11,13H,5-8H2,1-4H3. The molecule has 2 unspecified atom stereocenters. The van der Waals surface area contributed by atoms with Crippen molar-refractivity contribution < 1.29 is 14.3 Å². The average Bonchev–Trinajstić information content (AvgIpc) is 2.29. The molecular formula is C12H24N2O3. The van der Waals surface area contributed by atoms with E-state index in [9.17, 15) is 4.79 Å². The number of hydrogen-bond acceptors (Lipinski definition) is 5. The topological polar surface area (TPSA) is 50.8 Å². The molecule has 0 aliphatic carbocycles. The van der Waals surface area contributed by atoms with Crippen LogP contribution in [0.2, 0.25) is 0 Å². The van der Waals surface area contributed by atoms with Gasteiger partial charge in [-0.05, 0) is 6.92 Å². The first kappa shape index (κ1) is 14.4. The summed E-state index contributed by atoms with van der Waals surface area (Å²) in [6, 6.07) is 0.348. The Kier molecular flexibility index (Phi) is 5.88. The Hall–Kier alpha value is -0.650. The molecule has 0 aromatic carbocycles. The number of rotatable bonds is 5. The molecule has 1 aliphatic rings. The molecule has 17 heavy (non-hydrogen) atoms. The van der Waals surface area contributed by atoms with Crippen molar-refractivity contribution in [2.45, 2.75) is 38.9 Å². The second kappa shape index (κ2) is 6.93. The summed E-state index contributed by atoms with van der Waals surface area (Å²) in [5.41, 5.74) is 0. The van der Waals surface area contributed by atoms with E-state index in [2.05, 4.69) is 17.1 Å². The van der Waals surface area contributed by atoms with Crippen molar-refractivity contribution in [2.75, 3.05) is 33.4 Å². The Morgan fingerprint density at radius 3 is 2.82 bits per heavy atom. The van der Waals surface area contributed by atoms with Gasteiger partial charge in [0, 0.05) is 25.2 Å². The minimum Gasteiger partial charge on any atom is -0.468 e. The Labute approximate surface area is 103 Å². The first-order valence-corrected chi connectivity index (χ1v) is 6.20. The predicted octanol–water partition coefficient (Wildman–Crippen LogP) is 0.247. The molecule has 1 rings (SSSR count). The van der Waals surface area contributed by atoms with Crippen LogP contribution in [0.15, 0.2) is 0 Å². The highest BCUT2D eigenvalue weighted by molar-refractivity contribution is 5.76. The van der Waals surface area contributed by atoms with Crippen LogP contribution in [0.5, 0.6) is 0 Å². The molecule has 5 nitrogen and oxygen atoms in total. The van der Waals surface area contributed by atoms with Gasteiger partial charge in [-0.25, -0.2) is 0 Å². The van der Waals surface area contributed by atoms with Gasteiger partial charge in [-0.2, -0.15) is 0 Å². The van der Waals surface area contributed by atoms with Crippen LogP contribution in [0.4, 0.5) is 0 Å². The molecule has 1 saturated heterocycles. The number of ether oxygens (including phenoxy) is 2. The first-order chi connectivity index (χ1) is 8.04. The summed E-state index contributed by atoms with van der Waals surface area (Å²) in [6.45, 7) is 9.18. The van der Waals surface area contributed by atoms with Crippen molar-refractivity contribution in [3.05, 3.63) is 0 Å². The summed E-state index contributed by atoms with van der Waals surface area (Å²) < 4.78 is 10.2. The third-order valence-corrected chi connectivity index (χ3v) is 2.94. The number of carbonyl (C=O) groups is 1. The van der Waals surface area contributed by atoms with Gasteiger partial charge in [-0.15, -0.1) is 0 Å². The van der Waals surface area contributed by atoms with Gasteiger partial charge >= 0.3 is 5.97 Å². The quantitative estimate of drug-likeness (QED) is 0.702. The molecule has 2 atom stereocenters. The molecule has 0 aromatic rings. The van der Waals surface area contributed by atoms with Gasteiger partial charge in [0.05, 0.1) is 20.3 Å². The summed E-state index contributed by atoms with van der Waals surface area (Å²) in [6.07, 6.45) is 0. The van der Waals surface area contributed by atoms with E-state index in [-0.39, 0.29) is 18.1 Å². The molecule has 100 valence electrons. The minimum absolute atomic E-state index is 0.197. The molecular weight excluding hydrogens is 220 g/mol. The van der Waals surface area contributed by atoms with E-state index in [1.165, 1.54) is 7.11 Å². The third-order valence-electron chi connectivity index (χ3n) is 2.94. The van der Waals surface area contributed by atoms with Crippen LogP contribution in [-0.4, -0.2) is 62.4 Å². The van der Waals surface area contributed by atoms with Gasteiger partial charge in [0.15, 0.2) is 0 Å². The second-order valence-electron chi connectivity index (χ2n) is 4.82. The number of esters is 1. The lowest BCUT2D eigenvalue weighted by atomic mass is 10.2. The Morgan fingerprint density at radius 2 is 2.29 bits per heavy atom. The van der Waals surface area contributed by atoms with E-state index >= 15 is 0 Å². The smallest absolute Gasteiger partial charge is 0.324 e. The highest BCUT2D eigenvalue weighted by Gasteiger charge is 2.27. The summed E-state index contributed by atoms with van der Waals surface area (Å²) in [5.74, 6) is -0.197. The van der Waals surface area contributed by atoms with Gasteiger partial charge in [0.2, 0.25) is 0 Å². The Balaban J connectivity index is 2.54. The molecule has 0 spiro atoms. The minimum atomic E-state index is -0.263. The molecule has 0 bridgehead atoms. The fraction of sp³-hybridized carbons (Fsp3) is 0.917. The van der Waals surface area contributed by atoms with E-state index < -0.39 is 0 Å². The summed E-state index contributed by atoms with van der Waals surface area (Å²) in [5, 5.41) is 3.24. The molecule has 1 heterocycles. The van der Waals surface area contributed by atoms with Crippen LogP contribution in [-0.2, 0) is 14.3 Å². The fourth-order valence-corrected chi connectivity index (χ4v) is 2.01. The third kappa shape index (κ3) is 4.61. The van der Waals surface area contributed by atoms with Gasteiger partial charge in [0.25, 0.3) is 0 Å². The lowest BCUT2D eigenvalue weighted by molar-refractivity contribution is -0.144. The number of carbonyl (C=O) groups excluding carboxylic acids is 1. The van der Waals surface area contributed by atoms with Crippen molar-refractivity contribution in [2.24, 2.45) is 0 Å². The SMILES string of the molecule is COC(=O)C(CN1CCOCC1C)NC(C)C. The number of nitrogens with zero attached hydrogens (tertiary/aromatic N) is 1. The van der Waals surface area contributed by atoms with E-state index in [4.69, 9.17) is 9.47 Å². The van der Waals surface area contributed by atoms with Gasteiger partial charge in [0.1, 0.15) is 6.04 Å². The Morgan fingerprint density at radius 1 is 1.59 bits per heavy atom. The zero-order valence-corrected chi connectivity index (χ0v) is 11.2. The van der Waals surface area contributed by atoms with Crippen molar-refractivity contribution >= 4 is 5.97 Å². The largest absolute Gasteiger partial charge is 0.468 e.